The molecule has 9 nitrogen and oxygen atoms in total. The number of ether oxygens (including phenoxy) is 1. The van der Waals surface area contributed by atoms with Gasteiger partial charge in [-0.05, 0) is 0 Å². The monoisotopic (exact) mass is 255 g/mol. The van der Waals surface area contributed by atoms with Crippen LogP contribution in [0.4, 0.5) is 0 Å². The van der Waals surface area contributed by atoms with Crippen molar-refractivity contribution in [2.75, 3.05) is 19.8 Å². The van der Waals surface area contributed by atoms with Crippen molar-refractivity contribution >= 4 is 0 Å². The quantitative estimate of drug-likeness (QED) is 0.212. The average Bonchev–Trinajstić information content (AvgIpc) is 3.13. The van der Waals surface area contributed by atoms with E-state index < -0.39 is 36.9 Å². The first kappa shape index (κ1) is 14.7. The molecule has 1 heterocycles. The Kier molecular flexibility index (Phi) is 5.19. The fraction of sp³-hybridized carbons (Fsp3) is 1.00. The smallest absolute Gasteiger partial charge is 0.296 e. The first-order valence-electron chi connectivity index (χ1n) is 5.01. The number of hydrogen-bond acceptors (Lipinski definition) is 9. The molecule has 0 spiro atoms. The molecule has 0 amide bonds. The molecular formula is C8H17NO8. The predicted molar refractivity (Wildman–Crippen MR) is 51.1 cm³/mol. The largest absolute Gasteiger partial charge is 0.394 e. The second kappa shape index (κ2) is 6.00. The summed E-state index contributed by atoms with van der Waals surface area (Å²) in [6.07, 6.45) is -6.88. The molecule has 1 saturated heterocycles. The van der Waals surface area contributed by atoms with E-state index in [-0.39, 0.29) is 13.2 Å². The molecule has 1 aliphatic heterocycles. The minimum Gasteiger partial charge on any atom is -0.394 e. The van der Waals surface area contributed by atoms with Crippen molar-refractivity contribution in [3.8, 4) is 0 Å². The highest BCUT2D eigenvalue weighted by Gasteiger charge is 2.58. The molecule has 1 rings (SSSR count). The minimum atomic E-state index is -1.80. The average molecular weight is 255 g/mol. The van der Waals surface area contributed by atoms with E-state index in [1.807, 2.05) is 0 Å². The van der Waals surface area contributed by atoms with Crippen LogP contribution in [0.25, 0.3) is 0 Å². The van der Waals surface area contributed by atoms with Crippen LogP contribution in [0.5, 0.6) is 0 Å². The molecule has 5 atom stereocenters. The Labute approximate surface area is 96.8 Å². The molecule has 1 aliphatic rings. The van der Waals surface area contributed by atoms with Crippen molar-refractivity contribution in [1.82, 2.24) is 5.48 Å². The topological polar surface area (TPSA) is 165 Å². The third-order valence-corrected chi connectivity index (χ3v) is 2.36. The number of nitrogens with one attached hydrogen (secondary N) is 1. The van der Waals surface area contributed by atoms with Crippen LogP contribution in [0.1, 0.15) is 0 Å². The van der Waals surface area contributed by atoms with Crippen molar-refractivity contribution in [2.24, 2.45) is 0 Å². The van der Waals surface area contributed by atoms with Crippen LogP contribution in [0.3, 0.4) is 0 Å². The van der Waals surface area contributed by atoms with Crippen LogP contribution < -0.4 is 5.48 Å². The number of rotatable bonds is 8. The number of aliphatic hydroxyl groups excluding tert-OH is 6. The van der Waals surface area contributed by atoms with Crippen LogP contribution in [0.2, 0.25) is 0 Å². The Morgan fingerprint density at radius 2 is 1.71 bits per heavy atom. The van der Waals surface area contributed by atoms with Crippen molar-refractivity contribution in [3.05, 3.63) is 0 Å². The van der Waals surface area contributed by atoms with Crippen molar-refractivity contribution in [1.29, 1.82) is 0 Å². The number of hydroxylamine groups is 1. The van der Waals surface area contributed by atoms with Crippen LogP contribution in [-0.2, 0) is 9.57 Å². The molecule has 9 heteroatoms. The Balaban J connectivity index is 2.53. The van der Waals surface area contributed by atoms with Gasteiger partial charge in [-0.3, -0.25) is 0 Å². The molecule has 0 aliphatic carbocycles. The lowest BCUT2D eigenvalue weighted by Gasteiger charge is -2.27. The van der Waals surface area contributed by atoms with Crippen molar-refractivity contribution in [2.45, 2.75) is 30.3 Å². The number of hydrogen-bond donors (Lipinski definition) is 7. The number of aliphatic hydroxyl groups is 6. The second-order valence-electron chi connectivity index (χ2n) is 3.62. The SMILES string of the molecule is OCCOC1([C@H](O)[C@@H](O)[C@H](O)[C@H](O)CO)NO1. The molecule has 0 aromatic rings. The molecule has 1 unspecified atom stereocenters. The van der Waals surface area contributed by atoms with E-state index >= 15 is 0 Å². The minimum absolute atomic E-state index is 0.157. The van der Waals surface area contributed by atoms with Gasteiger partial charge < -0.3 is 35.4 Å². The van der Waals surface area contributed by atoms with E-state index in [9.17, 15) is 15.3 Å². The molecule has 0 aromatic carbocycles. The summed E-state index contributed by atoms with van der Waals surface area (Å²) < 4.78 is 4.89. The summed E-state index contributed by atoms with van der Waals surface area (Å²) in [7, 11) is 0. The normalized spacial score (nSPS) is 30.7. The highest BCUT2D eigenvalue weighted by atomic mass is 16.9. The van der Waals surface area contributed by atoms with E-state index in [1.54, 1.807) is 0 Å². The van der Waals surface area contributed by atoms with Crippen molar-refractivity contribution < 1.29 is 40.2 Å². The van der Waals surface area contributed by atoms with E-state index in [2.05, 4.69) is 10.3 Å². The zero-order chi connectivity index (χ0) is 13.1. The lowest BCUT2D eigenvalue weighted by Crippen LogP contribution is -2.53. The Morgan fingerprint density at radius 3 is 2.12 bits per heavy atom. The molecule has 102 valence electrons. The van der Waals surface area contributed by atoms with Crippen molar-refractivity contribution in [3.63, 3.8) is 0 Å². The first-order valence-corrected chi connectivity index (χ1v) is 5.01. The van der Waals surface area contributed by atoms with Gasteiger partial charge in [0.25, 0.3) is 5.91 Å². The van der Waals surface area contributed by atoms with Gasteiger partial charge in [0.05, 0.1) is 19.8 Å². The van der Waals surface area contributed by atoms with Gasteiger partial charge in [0.2, 0.25) is 0 Å². The van der Waals surface area contributed by atoms with Gasteiger partial charge in [0.1, 0.15) is 18.3 Å². The molecule has 0 radical (unpaired) electrons. The van der Waals surface area contributed by atoms with Crippen LogP contribution in [0, 0.1) is 0 Å². The Bertz CT molecular complexity index is 236. The molecular weight excluding hydrogens is 238 g/mol. The summed E-state index contributed by atoms with van der Waals surface area (Å²) in [5, 5.41) is 54.8. The highest BCUT2D eigenvalue weighted by molar-refractivity contribution is 4.92. The van der Waals surface area contributed by atoms with Crippen LogP contribution >= 0.6 is 0 Å². The zero-order valence-electron chi connectivity index (χ0n) is 8.93. The molecule has 17 heavy (non-hydrogen) atoms. The molecule has 0 aromatic heterocycles. The van der Waals surface area contributed by atoms with E-state index in [0.717, 1.165) is 0 Å². The summed E-state index contributed by atoms with van der Waals surface area (Å²) in [6, 6.07) is 0. The predicted octanol–water partition coefficient (Wildman–Crippen LogP) is -4.38. The third kappa shape index (κ3) is 3.31. The van der Waals surface area contributed by atoms with Gasteiger partial charge in [-0.1, -0.05) is 0 Å². The van der Waals surface area contributed by atoms with Gasteiger partial charge >= 0.3 is 0 Å². The molecule has 1 fully saturated rings. The maximum absolute atomic E-state index is 9.65. The third-order valence-electron chi connectivity index (χ3n) is 2.36. The Hall–Kier alpha value is -0.360. The van der Waals surface area contributed by atoms with Gasteiger partial charge in [-0.25, -0.2) is 4.84 Å². The standard InChI is InChI=1S/C8H17NO8/c10-1-2-16-8(9-17-8)7(15)6(14)5(13)4(12)3-11/h4-7,9-15H,1-3H2/t4-,5-,6+,7-,8?/m1/s1. The van der Waals surface area contributed by atoms with Crippen LogP contribution in [-0.4, -0.2) is 80.8 Å². The Morgan fingerprint density at radius 1 is 1.12 bits per heavy atom. The van der Waals surface area contributed by atoms with E-state index in [0.29, 0.717) is 0 Å². The van der Waals surface area contributed by atoms with Crippen LogP contribution in [0.15, 0.2) is 0 Å². The van der Waals surface area contributed by atoms with Gasteiger partial charge in [0.15, 0.2) is 6.10 Å². The van der Waals surface area contributed by atoms with E-state index in [4.69, 9.17) is 20.1 Å². The highest BCUT2D eigenvalue weighted by Crippen LogP contribution is 2.28. The van der Waals surface area contributed by atoms with Gasteiger partial charge in [0, 0.05) is 0 Å². The molecule has 0 saturated carbocycles. The summed E-state index contributed by atoms with van der Waals surface area (Å²) in [5.74, 6) is -1.71. The summed E-state index contributed by atoms with van der Waals surface area (Å²) in [4.78, 5) is 4.60. The summed E-state index contributed by atoms with van der Waals surface area (Å²) in [5.41, 5.74) is 2.18. The lowest BCUT2D eigenvalue weighted by molar-refractivity contribution is -0.190. The van der Waals surface area contributed by atoms with Gasteiger partial charge in [-0.2, -0.15) is 0 Å². The molecule has 7 N–H and O–H groups in total. The maximum atomic E-state index is 9.65. The zero-order valence-corrected chi connectivity index (χ0v) is 8.93. The maximum Gasteiger partial charge on any atom is 0.296 e. The second-order valence-corrected chi connectivity index (χ2v) is 3.62. The molecule has 0 bridgehead atoms. The first-order chi connectivity index (χ1) is 7.98. The van der Waals surface area contributed by atoms with Gasteiger partial charge in [-0.15, -0.1) is 5.48 Å². The summed E-state index contributed by atoms with van der Waals surface area (Å²) >= 11 is 0. The fourth-order valence-electron chi connectivity index (χ4n) is 1.26. The summed E-state index contributed by atoms with van der Waals surface area (Å²) in [6.45, 7) is -1.25. The lowest BCUT2D eigenvalue weighted by atomic mass is 10.0. The fourth-order valence-corrected chi connectivity index (χ4v) is 1.26. The van der Waals surface area contributed by atoms with E-state index in [1.165, 1.54) is 0 Å².